The second kappa shape index (κ2) is 3.57. The largest absolute Gasteiger partial charge is 0.139 e. The molecule has 3 rings (SSSR count). The van der Waals surface area contributed by atoms with Crippen LogP contribution in [0.5, 0.6) is 0 Å². The lowest BCUT2D eigenvalue weighted by Crippen LogP contribution is -2.26. The summed E-state index contributed by atoms with van der Waals surface area (Å²) in [6.07, 6.45) is 0. The van der Waals surface area contributed by atoms with Gasteiger partial charge in [0.15, 0.2) is 0 Å². The van der Waals surface area contributed by atoms with E-state index >= 15 is 0 Å². The van der Waals surface area contributed by atoms with Gasteiger partial charge in [-0.1, -0.05) is 35.8 Å². The van der Waals surface area contributed by atoms with Crippen LogP contribution in [0.4, 0.5) is 0 Å². The molecule has 0 saturated carbocycles. The van der Waals surface area contributed by atoms with E-state index in [1.807, 2.05) is 0 Å². The second-order valence-corrected chi connectivity index (χ2v) is 6.16. The van der Waals surface area contributed by atoms with Crippen molar-refractivity contribution in [2.45, 2.75) is 19.1 Å². The standard InChI is InChI=1S/C15H17B3/c1-8-5-11-12-7-10(16)3-4-13(12)15(17,18)14(11)6-9(8)2/h3-7H,16-18H2,1-2H3. The van der Waals surface area contributed by atoms with Gasteiger partial charge in [-0.05, 0) is 52.4 Å². The molecule has 0 radical (unpaired) electrons. The zero-order chi connectivity index (χ0) is 13.1. The molecule has 0 amide bonds. The Hall–Kier alpha value is -1.37. The molecule has 0 atom stereocenters. The molecule has 2 aromatic rings. The lowest BCUT2D eigenvalue weighted by Gasteiger charge is -2.22. The van der Waals surface area contributed by atoms with Gasteiger partial charge in [-0.25, -0.2) is 0 Å². The fourth-order valence-corrected chi connectivity index (χ4v) is 3.13. The van der Waals surface area contributed by atoms with Crippen LogP contribution in [0, 0.1) is 13.8 Å². The molecule has 18 heavy (non-hydrogen) atoms. The van der Waals surface area contributed by atoms with E-state index in [0.717, 1.165) is 0 Å². The highest BCUT2D eigenvalue weighted by Crippen LogP contribution is 2.45. The van der Waals surface area contributed by atoms with Crippen molar-refractivity contribution in [1.29, 1.82) is 0 Å². The maximum Gasteiger partial charge on any atom is 0.139 e. The average Bonchev–Trinajstić information content (AvgIpc) is 2.50. The fraction of sp³-hybridized carbons (Fsp3) is 0.200. The summed E-state index contributed by atoms with van der Waals surface area (Å²) in [7, 11) is 6.84. The Morgan fingerprint density at radius 1 is 0.833 bits per heavy atom. The third-order valence-corrected chi connectivity index (χ3v) is 4.45. The monoisotopic (exact) mass is 230 g/mol. The molecule has 0 spiro atoms. The van der Waals surface area contributed by atoms with Gasteiger partial charge in [-0.15, -0.1) is 0 Å². The van der Waals surface area contributed by atoms with E-state index in [-0.39, 0.29) is 5.21 Å². The number of rotatable bonds is 0. The van der Waals surface area contributed by atoms with Crippen molar-refractivity contribution in [1.82, 2.24) is 0 Å². The minimum atomic E-state index is 0.136. The van der Waals surface area contributed by atoms with Crippen molar-refractivity contribution in [3.63, 3.8) is 0 Å². The van der Waals surface area contributed by atoms with Crippen LogP contribution in [-0.4, -0.2) is 23.5 Å². The fourth-order valence-electron chi connectivity index (χ4n) is 3.13. The van der Waals surface area contributed by atoms with Crippen molar-refractivity contribution in [3.05, 3.63) is 52.6 Å². The minimum absolute atomic E-state index is 0.136. The van der Waals surface area contributed by atoms with Crippen LogP contribution in [0.1, 0.15) is 22.3 Å². The van der Waals surface area contributed by atoms with Gasteiger partial charge in [0.2, 0.25) is 0 Å². The molecule has 0 aliphatic heterocycles. The van der Waals surface area contributed by atoms with E-state index in [0.29, 0.717) is 0 Å². The maximum absolute atomic E-state index is 2.38. The van der Waals surface area contributed by atoms with Crippen LogP contribution in [0.3, 0.4) is 0 Å². The summed E-state index contributed by atoms with van der Waals surface area (Å²) in [6.45, 7) is 4.41. The van der Waals surface area contributed by atoms with Crippen molar-refractivity contribution in [2.75, 3.05) is 0 Å². The topological polar surface area (TPSA) is 0 Å². The molecule has 0 bridgehead atoms. The molecule has 0 heterocycles. The van der Waals surface area contributed by atoms with E-state index in [4.69, 9.17) is 0 Å². The van der Waals surface area contributed by atoms with Crippen molar-refractivity contribution in [2.24, 2.45) is 0 Å². The Kier molecular flexibility index (Phi) is 2.32. The van der Waals surface area contributed by atoms with Gasteiger partial charge >= 0.3 is 0 Å². The first kappa shape index (κ1) is 11.7. The summed E-state index contributed by atoms with van der Waals surface area (Å²) in [5.41, 5.74) is 9.93. The zero-order valence-electron chi connectivity index (χ0n) is 11.9. The molecule has 1 aliphatic rings. The Bertz CT molecular complexity index is 657. The van der Waals surface area contributed by atoms with Crippen molar-refractivity contribution in [3.8, 4) is 11.1 Å². The van der Waals surface area contributed by atoms with E-state index in [2.05, 4.69) is 67.7 Å². The molecule has 0 aromatic heterocycles. The second-order valence-electron chi connectivity index (χ2n) is 6.16. The van der Waals surface area contributed by atoms with E-state index in [1.165, 1.54) is 38.8 Å². The van der Waals surface area contributed by atoms with Gasteiger partial charge in [0, 0.05) is 0 Å². The van der Waals surface area contributed by atoms with Crippen LogP contribution in [-0.2, 0) is 5.21 Å². The molecular formula is C15H17B3. The number of fused-ring (bicyclic) bond motifs is 3. The quantitative estimate of drug-likeness (QED) is 0.559. The van der Waals surface area contributed by atoms with Gasteiger partial charge in [-0.3, -0.25) is 0 Å². The van der Waals surface area contributed by atoms with E-state index < -0.39 is 0 Å². The number of hydrogen-bond donors (Lipinski definition) is 0. The Morgan fingerprint density at radius 2 is 1.44 bits per heavy atom. The van der Waals surface area contributed by atoms with E-state index in [1.54, 1.807) is 0 Å². The van der Waals surface area contributed by atoms with Crippen LogP contribution >= 0.6 is 0 Å². The number of aryl methyl sites for hydroxylation is 2. The molecule has 2 aromatic carbocycles. The van der Waals surface area contributed by atoms with Crippen molar-refractivity contribution >= 4 is 29.0 Å². The minimum Gasteiger partial charge on any atom is -0.0883 e. The van der Waals surface area contributed by atoms with Gasteiger partial charge in [0.1, 0.15) is 23.5 Å². The number of benzene rings is 2. The Balaban J connectivity index is 2.40. The molecule has 0 N–H and O–H groups in total. The summed E-state index contributed by atoms with van der Waals surface area (Å²) >= 11 is 0. The van der Waals surface area contributed by atoms with Crippen molar-refractivity contribution < 1.29 is 0 Å². The highest BCUT2D eigenvalue weighted by Gasteiger charge is 2.35. The molecule has 86 valence electrons. The van der Waals surface area contributed by atoms with Crippen LogP contribution in [0.2, 0.25) is 0 Å². The third-order valence-electron chi connectivity index (χ3n) is 4.45. The SMILES string of the molecule is Bc1ccc2c(c1)-c1cc(C)c(C)cc1C2(B)B. The zero-order valence-corrected chi connectivity index (χ0v) is 11.9. The van der Waals surface area contributed by atoms with Gasteiger partial charge in [-0.2, -0.15) is 0 Å². The molecule has 0 saturated heterocycles. The van der Waals surface area contributed by atoms with Crippen LogP contribution < -0.4 is 5.46 Å². The Morgan fingerprint density at radius 3 is 2.17 bits per heavy atom. The summed E-state index contributed by atoms with van der Waals surface area (Å²) < 4.78 is 0. The van der Waals surface area contributed by atoms with Gasteiger partial charge < -0.3 is 0 Å². The summed E-state index contributed by atoms with van der Waals surface area (Å²) in [6, 6.07) is 11.6. The molecule has 0 unspecified atom stereocenters. The Labute approximate surface area is 112 Å². The average molecular weight is 230 g/mol. The third kappa shape index (κ3) is 1.43. The van der Waals surface area contributed by atoms with E-state index in [9.17, 15) is 0 Å². The lowest BCUT2D eigenvalue weighted by atomic mass is 9.49. The predicted molar refractivity (Wildman–Crippen MR) is 87.4 cm³/mol. The first-order valence-electron chi connectivity index (χ1n) is 6.64. The van der Waals surface area contributed by atoms with Crippen LogP contribution in [0.25, 0.3) is 11.1 Å². The first-order chi connectivity index (χ1) is 8.41. The molecular weight excluding hydrogens is 213 g/mol. The molecule has 0 nitrogen and oxygen atoms in total. The molecule has 3 heteroatoms. The summed E-state index contributed by atoms with van der Waals surface area (Å²) in [4.78, 5) is 0. The normalized spacial score (nSPS) is 15.2. The summed E-state index contributed by atoms with van der Waals surface area (Å²) in [5, 5.41) is 0.136. The lowest BCUT2D eigenvalue weighted by molar-refractivity contribution is 1.08. The predicted octanol–water partition coefficient (Wildman–Crippen LogP) is 0.00954. The first-order valence-corrected chi connectivity index (χ1v) is 6.64. The van der Waals surface area contributed by atoms with Gasteiger partial charge in [0.05, 0.1) is 0 Å². The van der Waals surface area contributed by atoms with Crippen LogP contribution in [0.15, 0.2) is 30.3 Å². The van der Waals surface area contributed by atoms with Gasteiger partial charge in [0.25, 0.3) is 0 Å². The number of hydrogen-bond acceptors (Lipinski definition) is 0. The summed E-state index contributed by atoms with van der Waals surface area (Å²) in [5.74, 6) is 0. The smallest absolute Gasteiger partial charge is 0.0883 e. The molecule has 1 aliphatic carbocycles. The maximum atomic E-state index is 2.38. The highest BCUT2D eigenvalue weighted by atomic mass is 14.3. The highest BCUT2D eigenvalue weighted by molar-refractivity contribution is 6.44. The molecule has 0 fully saturated rings.